The quantitative estimate of drug-likeness (QED) is 0.425. The SMILES string of the molecule is O=[N+]([O-])c1c(NC(c2ccccc2)c2ccccc2)nc2sccn12. The molecule has 6 nitrogen and oxygen atoms in total. The number of nitrogens with zero attached hydrogens (tertiary/aromatic N) is 3. The van der Waals surface area contributed by atoms with Crippen molar-refractivity contribution in [3.05, 3.63) is 93.5 Å². The van der Waals surface area contributed by atoms with Gasteiger partial charge in [-0.25, -0.2) is 0 Å². The molecule has 25 heavy (non-hydrogen) atoms. The first-order valence-electron chi connectivity index (χ1n) is 7.70. The zero-order valence-electron chi connectivity index (χ0n) is 13.1. The molecule has 2 heterocycles. The Morgan fingerprint density at radius 3 is 2.20 bits per heavy atom. The van der Waals surface area contributed by atoms with Crippen molar-refractivity contribution in [1.29, 1.82) is 0 Å². The molecule has 2 aromatic carbocycles. The molecule has 0 aliphatic heterocycles. The fourth-order valence-corrected chi connectivity index (χ4v) is 3.54. The third-order valence-corrected chi connectivity index (χ3v) is 4.71. The average Bonchev–Trinajstić information content (AvgIpc) is 3.21. The predicted octanol–water partition coefficient (Wildman–Crippen LogP) is 4.51. The van der Waals surface area contributed by atoms with Crippen molar-refractivity contribution in [2.45, 2.75) is 6.04 Å². The number of hydrogen-bond acceptors (Lipinski definition) is 5. The van der Waals surface area contributed by atoms with Crippen molar-refractivity contribution in [1.82, 2.24) is 9.38 Å². The van der Waals surface area contributed by atoms with Gasteiger partial charge in [-0.2, -0.15) is 9.38 Å². The first kappa shape index (κ1) is 15.3. The number of imidazole rings is 1. The maximum absolute atomic E-state index is 11.6. The van der Waals surface area contributed by atoms with Crippen LogP contribution in [0.5, 0.6) is 0 Å². The number of aromatic nitrogens is 2. The van der Waals surface area contributed by atoms with Crippen LogP contribution in [0.3, 0.4) is 0 Å². The van der Waals surface area contributed by atoms with Gasteiger partial charge in [0, 0.05) is 5.38 Å². The van der Waals surface area contributed by atoms with Gasteiger partial charge in [0.05, 0.1) is 6.04 Å². The van der Waals surface area contributed by atoms with Gasteiger partial charge in [-0.3, -0.25) is 0 Å². The molecule has 0 saturated heterocycles. The maximum atomic E-state index is 11.6. The molecule has 0 unspecified atom stereocenters. The largest absolute Gasteiger partial charge is 0.372 e. The highest BCUT2D eigenvalue weighted by molar-refractivity contribution is 7.15. The van der Waals surface area contributed by atoms with Crippen molar-refractivity contribution in [3.63, 3.8) is 0 Å². The normalized spacial score (nSPS) is 11.1. The van der Waals surface area contributed by atoms with Crippen molar-refractivity contribution in [2.75, 3.05) is 5.32 Å². The van der Waals surface area contributed by atoms with Crippen molar-refractivity contribution in [3.8, 4) is 0 Å². The highest BCUT2D eigenvalue weighted by atomic mass is 32.1. The Bertz CT molecular complexity index is 972. The number of nitro groups is 1. The average molecular weight is 350 g/mol. The van der Waals surface area contributed by atoms with Crippen molar-refractivity contribution < 1.29 is 4.92 Å². The van der Waals surface area contributed by atoms with Crippen LogP contribution in [0.4, 0.5) is 11.6 Å². The summed E-state index contributed by atoms with van der Waals surface area (Å²) in [6.07, 6.45) is 1.66. The van der Waals surface area contributed by atoms with E-state index < -0.39 is 4.92 Å². The first-order chi connectivity index (χ1) is 12.2. The van der Waals surface area contributed by atoms with E-state index in [1.54, 1.807) is 11.6 Å². The number of hydrogen-bond donors (Lipinski definition) is 1. The van der Waals surface area contributed by atoms with Gasteiger partial charge in [0.2, 0.25) is 5.82 Å². The summed E-state index contributed by atoms with van der Waals surface area (Å²) in [7, 11) is 0. The minimum atomic E-state index is -0.401. The standard InChI is InChI=1S/C18H14N4O2S/c23-22(24)17-16(20-18-21(17)11-12-25-18)19-15(13-7-3-1-4-8-13)14-9-5-2-6-10-14/h1-12,15,19H. The van der Waals surface area contributed by atoms with Gasteiger partial charge in [-0.1, -0.05) is 72.0 Å². The van der Waals surface area contributed by atoms with Crippen LogP contribution in [0.2, 0.25) is 0 Å². The molecule has 4 rings (SSSR count). The zero-order chi connectivity index (χ0) is 17.2. The molecule has 0 aliphatic carbocycles. The fraction of sp³-hybridized carbons (Fsp3) is 0.0556. The summed E-state index contributed by atoms with van der Waals surface area (Å²) >= 11 is 1.37. The van der Waals surface area contributed by atoms with E-state index in [9.17, 15) is 10.1 Å². The highest BCUT2D eigenvalue weighted by Crippen LogP contribution is 2.33. The summed E-state index contributed by atoms with van der Waals surface area (Å²) in [4.78, 5) is 16.2. The van der Waals surface area contributed by atoms with Gasteiger partial charge in [0.1, 0.15) is 6.20 Å². The first-order valence-corrected chi connectivity index (χ1v) is 8.58. The Balaban J connectivity index is 1.81. The van der Waals surface area contributed by atoms with Crippen LogP contribution in [0.15, 0.2) is 72.2 Å². The van der Waals surface area contributed by atoms with Gasteiger partial charge in [-0.15, -0.1) is 0 Å². The van der Waals surface area contributed by atoms with E-state index >= 15 is 0 Å². The number of anilines is 1. The van der Waals surface area contributed by atoms with Crippen LogP contribution in [0.25, 0.3) is 4.96 Å². The Labute approximate surface area is 147 Å². The molecule has 0 spiro atoms. The molecule has 2 aromatic heterocycles. The predicted molar refractivity (Wildman–Crippen MR) is 98.1 cm³/mol. The van der Waals surface area contributed by atoms with Crippen molar-refractivity contribution >= 4 is 27.9 Å². The maximum Gasteiger partial charge on any atom is 0.372 e. The minimum absolute atomic E-state index is 0.0480. The van der Waals surface area contributed by atoms with E-state index in [0.29, 0.717) is 4.96 Å². The van der Waals surface area contributed by atoms with Gasteiger partial charge >= 0.3 is 5.82 Å². The zero-order valence-corrected chi connectivity index (χ0v) is 13.9. The van der Waals surface area contributed by atoms with Gasteiger partial charge in [-0.05, 0) is 16.1 Å². The second-order valence-corrected chi connectivity index (χ2v) is 6.37. The van der Waals surface area contributed by atoms with Gasteiger partial charge in [0.25, 0.3) is 4.96 Å². The molecule has 0 radical (unpaired) electrons. The molecular formula is C18H14N4O2S. The summed E-state index contributed by atoms with van der Waals surface area (Å²) in [5, 5.41) is 16.6. The number of benzene rings is 2. The molecule has 1 N–H and O–H groups in total. The Morgan fingerprint density at radius 1 is 1.04 bits per heavy atom. The van der Waals surface area contributed by atoms with E-state index in [0.717, 1.165) is 11.1 Å². The topological polar surface area (TPSA) is 72.5 Å². The van der Waals surface area contributed by atoms with Crippen LogP contribution in [-0.4, -0.2) is 14.3 Å². The molecule has 4 aromatic rings. The molecule has 0 atom stereocenters. The van der Waals surface area contributed by atoms with E-state index in [1.807, 2.05) is 60.7 Å². The van der Waals surface area contributed by atoms with E-state index in [1.165, 1.54) is 15.7 Å². The van der Waals surface area contributed by atoms with Crippen LogP contribution in [0, 0.1) is 10.1 Å². The van der Waals surface area contributed by atoms with Gasteiger partial charge < -0.3 is 15.4 Å². The number of rotatable bonds is 5. The second kappa shape index (κ2) is 6.37. The van der Waals surface area contributed by atoms with Crippen molar-refractivity contribution in [2.24, 2.45) is 0 Å². The molecule has 0 aliphatic rings. The van der Waals surface area contributed by atoms with Gasteiger partial charge in [0.15, 0.2) is 0 Å². The molecule has 0 fully saturated rings. The third kappa shape index (κ3) is 2.85. The van der Waals surface area contributed by atoms with E-state index in [-0.39, 0.29) is 17.7 Å². The van der Waals surface area contributed by atoms with Crippen LogP contribution >= 0.6 is 11.3 Å². The lowest BCUT2D eigenvalue weighted by molar-refractivity contribution is -0.389. The Kier molecular flexibility index (Phi) is 3.91. The summed E-state index contributed by atoms with van der Waals surface area (Å²) in [5.74, 6) is 0.225. The highest BCUT2D eigenvalue weighted by Gasteiger charge is 2.26. The minimum Gasteiger partial charge on any atom is -0.358 e. The summed E-state index contributed by atoms with van der Waals surface area (Å²) in [5.41, 5.74) is 2.03. The molecule has 7 heteroatoms. The fourth-order valence-electron chi connectivity index (χ4n) is 2.83. The molecule has 124 valence electrons. The lowest BCUT2D eigenvalue weighted by atomic mass is 9.99. The summed E-state index contributed by atoms with van der Waals surface area (Å²) in [6, 6.07) is 19.4. The van der Waals surface area contributed by atoms with E-state index in [4.69, 9.17) is 0 Å². The Hall–Kier alpha value is -3.19. The van der Waals surface area contributed by atoms with Crippen LogP contribution in [-0.2, 0) is 0 Å². The second-order valence-electron chi connectivity index (χ2n) is 5.50. The molecule has 0 bridgehead atoms. The lowest BCUT2D eigenvalue weighted by Gasteiger charge is -2.19. The number of thiazole rings is 1. The monoisotopic (exact) mass is 350 g/mol. The lowest BCUT2D eigenvalue weighted by Crippen LogP contribution is -2.13. The Morgan fingerprint density at radius 2 is 1.64 bits per heavy atom. The number of nitrogens with one attached hydrogen (secondary N) is 1. The smallest absolute Gasteiger partial charge is 0.358 e. The third-order valence-electron chi connectivity index (χ3n) is 3.96. The molecule has 0 amide bonds. The summed E-state index contributed by atoms with van der Waals surface area (Å²) in [6.45, 7) is 0. The number of fused-ring (bicyclic) bond motifs is 1. The summed E-state index contributed by atoms with van der Waals surface area (Å²) < 4.78 is 1.50. The van der Waals surface area contributed by atoms with Crippen LogP contribution in [0.1, 0.15) is 17.2 Å². The van der Waals surface area contributed by atoms with E-state index in [2.05, 4.69) is 10.3 Å². The van der Waals surface area contributed by atoms with Crippen LogP contribution < -0.4 is 5.32 Å². The molecule has 0 saturated carbocycles. The molecular weight excluding hydrogens is 336 g/mol.